The topological polar surface area (TPSA) is 18.5 Å². The highest BCUT2D eigenvalue weighted by atomic mass is 79.9. The monoisotopic (exact) mass is 312 g/mol. The third-order valence-corrected chi connectivity index (χ3v) is 3.96. The van der Waals surface area contributed by atoms with Gasteiger partial charge in [0, 0.05) is 5.33 Å². The van der Waals surface area contributed by atoms with E-state index in [-0.39, 0.29) is 0 Å². The molecule has 0 spiro atoms. The van der Waals surface area contributed by atoms with Gasteiger partial charge in [0.2, 0.25) is 0 Å². The normalized spacial score (nSPS) is 16.6. The minimum atomic E-state index is 0.368. The van der Waals surface area contributed by atoms with Gasteiger partial charge in [0.25, 0.3) is 0 Å². The van der Waals surface area contributed by atoms with Crippen molar-refractivity contribution in [3.63, 3.8) is 0 Å². The molecule has 1 aromatic carbocycles. The van der Waals surface area contributed by atoms with Gasteiger partial charge in [-0.1, -0.05) is 28.4 Å². The summed E-state index contributed by atoms with van der Waals surface area (Å²) in [5.41, 5.74) is 1.22. The Balaban J connectivity index is 2.09. The van der Waals surface area contributed by atoms with E-state index in [1.54, 1.807) is 0 Å². The number of alkyl halides is 1. The van der Waals surface area contributed by atoms with E-state index in [4.69, 9.17) is 9.47 Å². The third kappa shape index (κ3) is 3.64. The van der Waals surface area contributed by atoms with Crippen molar-refractivity contribution >= 4 is 15.9 Å². The van der Waals surface area contributed by atoms with Crippen molar-refractivity contribution in [1.82, 2.24) is 0 Å². The summed E-state index contributed by atoms with van der Waals surface area (Å²) in [4.78, 5) is 0. The van der Waals surface area contributed by atoms with Gasteiger partial charge >= 0.3 is 0 Å². The van der Waals surface area contributed by atoms with E-state index in [0.717, 1.165) is 16.8 Å². The average Bonchev–Trinajstić information content (AvgIpc) is 2.42. The van der Waals surface area contributed by atoms with Crippen LogP contribution in [0, 0.1) is 0 Å². The highest BCUT2D eigenvalue weighted by Crippen LogP contribution is 2.32. The molecule has 18 heavy (non-hydrogen) atoms. The number of halogens is 1. The Labute approximate surface area is 118 Å². The Morgan fingerprint density at radius 2 is 1.94 bits per heavy atom. The molecule has 1 aromatic rings. The second-order valence-corrected chi connectivity index (χ2v) is 5.29. The van der Waals surface area contributed by atoms with Gasteiger partial charge in [0.15, 0.2) is 11.5 Å². The van der Waals surface area contributed by atoms with Crippen molar-refractivity contribution in [2.75, 3.05) is 6.61 Å². The number of hydrogen-bond donors (Lipinski definition) is 0. The van der Waals surface area contributed by atoms with Gasteiger partial charge in [-0.15, -0.1) is 0 Å². The first kappa shape index (κ1) is 13.7. The van der Waals surface area contributed by atoms with Crippen molar-refractivity contribution in [2.45, 2.75) is 50.5 Å². The number of ether oxygens (including phenoxy) is 2. The molecule has 3 heteroatoms. The Morgan fingerprint density at radius 3 is 2.61 bits per heavy atom. The third-order valence-electron chi connectivity index (χ3n) is 3.31. The van der Waals surface area contributed by atoms with Crippen LogP contribution in [0.5, 0.6) is 11.5 Å². The van der Waals surface area contributed by atoms with Crippen LogP contribution >= 0.6 is 15.9 Å². The SMILES string of the molecule is CCOc1cc(CBr)ccc1OC1CCCCC1. The summed E-state index contributed by atoms with van der Waals surface area (Å²) in [5, 5.41) is 0.844. The maximum atomic E-state index is 6.10. The molecular formula is C15H21BrO2. The molecule has 0 atom stereocenters. The predicted molar refractivity (Wildman–Crippen MR) is 77.7 cm³/mol. The summed E-state index contributed by atoms with van der Waals surface area (Å²) < 4.78 is 11.8. The average molecular weight is 313 g/mol. The predicted octanol–water partition coefficient (Wildman–Crippen LogP) is 4.69. The van der Waals surface area contributed by atoms with Crippen LogP contribution in [0.25, 0.3) is 0 Å². The van der Waals surface area contributed by atoms with Gasteiger partial charge in [0.1, 0.15) is 0 Å². The first-order valence-electron chi connectivity index (χ1n) is 6.82. The Kier molecular flexibility index (Phi) is 5.36. The first-order chi connectivity index (χ1) is 8.83. The highest BCUT2D eigenvalue weighted by Gasteiger charge is 2.17. The van der Waals surface area contributed by atoms with E-state index in [0.29, 0.717) is 12.7 Å². The zero-order valence-corrected chi connectivity index (χ0v) is 12.5. The van der Waals surface area contributed by atoms with Crippen LogP contribution in [0.2, 0.25) is 0 Å². The molecule has 0 amide bonds. The summed E-state index contributed by atoms with van der Waals surface area (Å²) >= 11 is 3.47. The van der Waals surface area contributed by atoms with Crippen LogP contribution in [0.15, 0.2) is 18.2 Å². The molecular weight excluding hydrogens is 292 g/mol. The van der Waals surface area contributed by atoms with Gasteiger partial charge in [-0.3, -0.25) is 0 Å². The lowest BCUT2D eigenvalue weighted by molar-refractivity contribution is 0.147. The molecule has 0 heterocycles. The summed E-state index contributed by atoms with van der Waals surface area (Å²) in [6.45, 7) is 2.68. The molecule has 0 aliphatic heterocycles. The number of benzene rings is 1. The Bertz CT molecular complexity index is 373. The molecule has 0 aromatic heterocycles. The zero-order valence-electron chi connectivity index (χ0n) is 11.0. The Hall–Kier alpha value is -0.700. The van der Waals surface area contributed by atoms with Crippen LogP contribution in [0.4, 0.5) is 0 Å². The molecule has 1 aliphatic carbocycles. The van der Waals surface area contributed by atoms with E-state index in [1.807, 2.05) is 13.0 Å². The maximum absolute atomic E-state index is 6.10. The largest absolute Gasteiger partial charge is 0.490 e. The molecule has 1 saturated carbocycles. The van der Waals surface area contributed by atoms with Crippen LogP contribution in [0.3, 0.4) is 0 Å². The lowest BCUT2D eigenvalue weighted by Crippen LogP contribution is -2.20. The molecule has 0 bridgehead atoms. The van der Waals surface area contributed by atoms with Crippen LogP contribution in [0.1, 0.15) is 44.6 Å². The lowest BCUT2D eigenvalue weighted by Gasteiger charge is -2.24. The fraction of sp³-hybridized carbons (Fsp3) is 0.600. The molecule has 2 rings (SSSR count). The fourth-order valence-corrected chi connectivity index (χ4v) is 2.71. The van der Waals surface area contributed by atoms with Gasteiger partial charge < -0.3 is 9.47 Å². The van der Waals surface area contributed by atoms with Crippen LogP contribution in [-0.4, -0.2) is 12.7 Å². The summed E-state index contributed by atoms with van der Waals surface area (Å²) in [6.07, 6.45) is 6.63. The van der Waals surface area contributed by atoms with Crippen molar-refractivity contribution in [3.8, 4) is 11.5 Å². The standard InChI is InChI=1S/C15H21BrO2/c1-2-17-15-10-12(11-16)8-9-14(15)18-13-6-4-3-5-7-13/h8-10,13H,2-7,11H2,1H3. The molecule has 100 valence electrons. The summed E-state index contributed by atoms with van der Waals surface area (Å²) in [5.74, 6) is 1.77. The molecule has 2 nitrogen and oxygen atoms in total. The Morgan fingerprint density at radius 1 is 1.17 bits per heavy atom. The minimum Gasteiger partial charge on any atom is -0.490 e. The van der Waals surface area contributed by atoms with Gasteiger partial charge in [-0.2, -0.15) is 0 Å². The van der Waals surface area contributed by atoms with E-state index in [2.05, 4.69) is 28.1 Å². The molecule has 0 N–H and O–H groups in total. The highest BCUT2D eigenvalue weighted by molar-refractivity contribution is 9.08. The van der Waals surface area contributed by atoms with Crippen molar-refractivity contribution in [2.24, 2.45) is 0 Å². The smallest absolute Gasteiger partial charge is 0.161 e. The van der Waals surface area contributed by atoms with E-state index >= 15 is 0 Å². The number of hydrogen-bond acceptors (Lipinski definition) is 2. The van der Waals surface area contributed by atoms with Crippen molar-refractivity contribution in [3.05, 3.63) is 23.8 Å². The van der Waals surface area contributed by atoms with Gasteiger partial charge in [-0.05, 0) is 50.3 Å². The van der Waals surface area contributed by atoms with Crippen molar-refractivity contribution in [1.29, 1.82) is 0 Å². The number of rotatable bonds is 5. The summed E-state index contributed by atoms with van der Waals surface area (Å²) in [7, 11) is 0. The maximum Gasteiger partial charge on any atom is 0.161 e. The quantitative estimate of drug-likeness (QED) is 0.734. The van der Waals surface area contributed by atoms with E-state index in [9.17, 15) is 0 Å². The molecule has 0 radical (unpaired) electrons. The zero-order chi connectivity index (χ0) is 12.8. The molecule has 0 saturated heterocycles. The summed E-state index contributed by atoms with van der Waals surface area (Å²) in [6, 6.07) is 6.20. The van der Waals surface area contributed by atoms with E-state index < -0.39 is 0 Å². The fourth-order valence-electron chi connectivity index (χ4n) is 2.36. The first-order valence-corrected chi connectivity index (χ1v) is 7.94. The van der Waals surface area contributed by atoms with Crippen molar-refractivity contribution < 1.29 is 9.47 Å². The molecule has 1 aliphatic rings. The van der Waals surface area contributed by atoms with Crippen LogP contribution < -0.4 is 9.47 Å². The molecule has 0 unspecified atom stereocenters. The van der Waals surface area contributed by atoms with Crippen LogP contribution in [-0.2, 0) is 5.33 Å². The lowest BCUT2D eigenvalue weighted by atomic mass is 9.98. The molecule has 1 fully saturated rings. The van der Waals surface area contributed by atoms with Gasteiger partial charge in [-0.25, -0.2) is 0 Å². The van der Waals surface area contributed by atoms with E-state index in [1.165, 1.54) is 37.7 Å². The second-order valence-electron chi connectivity index (χ2n) is 4.73. The minimum absolute atomic E-state index is 0.368. The van der Waals surface area contributed by atoms with Gasteiger partial charge in [0.05, 0.1) is 12.7 Å². The second kappa shape index (κ2) is 7.03.